The van der Waals surface area contributed by atoms with E-state index in [1.165, 1.54) is 0 Å². The highest BCUT2D eigenvalue weighted by Crippen LogP contribution is 2.30. The highest BCUT2D eigenvalue weighted by molar-refractivity contribution is 6.42. The van der Waals surface area contributed by atoms with E-state index in [9.17, 15) is 27.9 Å². The number of rotatable bonds is 9. The Morgan fingerprint density at radius 1 is 1.23 bits per heavy atom. The van der Waals surface area contributed by atoms with Crippen molar-refractivity contribution in [3.63, 3.8) is 0 Å². The number of hydrogen-bond acceptors (Lipinski definition) is 5. The molecule has 1 heterocycles. The third-order valence-corrected chi connectivity index (χ3v) is 7.50. The summed E-state index contributed by atoms with van der Waals surface area (Å²) < 4.78 is 44.0. The molecule has 220 valence electrons. The zero-order chi connectivity index (χ0) is 29.6. The second-order valence-electron chi connectivity index (χ2n) is 10.3. The fourth-order valence-electron chi connectivity index (χ4n) is 4.53. The van der Waals surface area contributed by atoms with Gasteiger partial charge in [0.05, 0.1) is 35.5 Å². The lowest BCUT2D eigenvalue weighted by atomic mass is 10.0. The van der Waals surface area contributed by atoms with Crippen molar-refractivity contribution in [2.45, 2.75) is 58.0 Å². The first-order valence-corrected chi connectivity index (χ1v) is 13.7. The van der Waals surface area contributed by atoms with Gasteiger partial charge in [-0.2, -0.15) is 13.2 Å². The van der Waals surface area contributed by atoms with Crippen molar-refractivity contribution in [2.75, 3.05) is 32.1 Å². The van der Waals surface area contributed by atoms with E-state index in [2.05, 4.69) is 10.2 Å². The topological polar surface area (TPSA) is 82.1 Å². The van der Waals surface area contributed by atoms with Crippen molar-refractivity contribution in [1.82, 2.24) is 9.80 Å². The Hall–Kier alpha value is -2.53. The summed E-state index contributed by atoms with van der Waals surface area (Å²) in [5, 5.41) is 13.2. The summed E-state index contributed by atoms with van der Waals surface area (Å²) in [6.07, 6.45) is -6.80. The Balaban J connectivity index is 1.85. The first-order valence-electron chi connectivity index (χ1n) is 12.9. The number of amides is 2. The maximum Gasteiger partial charge on any atom is 0.389 e. The highest BCUT2D eigenvalue weighted by atomic mass is 35.5. The first-order chi connectivity index (χ1) is 18.8. The second-order valence-corrected chi connectivity index (χ2v) is 11.1. The maximum absolute atomic E-state index is 13.3. The third-order valence-electron chi connectivity index (χ3n) is 6.76. The zero-order valence-corrected chi connectivity index (χ0v) is 24.1. The predicted molar refractivity (Wildman–Crippen MR) is 149 cm³/mol. The number of carbonyl (C=O) groups is 2. The van der Waals surface area contributed by atoms with Gasteiger partial charge in [-0.1, -0.05) is 36.2 Å². The lowest BCUT2D eigenvalue weighted by Crippen LogP contribution is -2.47. The van der Waals surface area contributed by atoms with Gasteiger partial charge in [0, 0.05) is 43.2 Å². The minimum absolute atomic E-state index is 0.0650. The lowest BCUT2D eigenvalue weighted by Gasteiger charge is -2.34. The molecule has 0 spiro atoms. The molecule has 40 heavy (non-hydrogen) atoms. The number of halogens is 5. The summed E-state index contributed by atoms with van der Waals surface area (Å²) in [6, 6.07) is 9.71. The number of ether oxygens (including phenoxy) is 1. The molecule has 0 aromatic heterocycles. The van der Waals surface area contributed by atoms with Gasteiger partial charge in [-0.25, -0.2) is 0 Å². The van der Waals surface area contributed by atoms with Crippen LogP contribution in [0.25, 0.3) is 0 Å². The fraction of sp³-hybridized carbons (Fsp3) is 0.500. The Labute approximate surface area is 242 Å². The molecule has 0 bridgehead atoms. The largest absolute Gasteiger partial charge is 0.488 e. The summed E-state index contributed by atoms with van der Waals surface area (Å²) in [6.45, 7) is 4.92. The van der Waals surface area contributed by atoms with Crippen LogP contribution in [0.4, 0.5) is 18.9 Å². The number of carbonyl (C=O) groups excluding carboxylic acids is 2. The molecule has 1 aliphatic rings. The van der Waals surface area contributed by atoms with Crippen molar-refractivity contribution in [1.29, 1.82) is 0 Å². The number of anilines is 1. The van der Waals surface area contributed by atoms with Crippen LogP contribution < -0.4 is 10.1 Å². The van der Waals surface area contributed by atoms with Crippen LogP contribution in [0, 0.1) is 5.92 Å². The van der Waals surface area contributed by atoms with Gasteiger partial charge in [-0.3, -0.25) is 14.5 Å². The van der Waals surface area contributed by atoms with Crippen LogP contribution in [0.3, 0.4) is 0 Å². The molecule has 2 aromatic carbocycles. The average Bonchev–Trinajstić information content (AvgIpc) is 2.92. The van der Waals surface area contributed by atoms with Crippen molar-refractivity contribution < 1.29 is 32.6 Å². The first kappa shape index (κ1) is 32.0. The molecule has 3 rings (SSSR count). The van der Waals surface area contributed by atoms with Gasteiger partial charge in [-0.05, 0) is 49.9 Å². The molecule has 0 saturated heterocycles. The Morgan fingerprint density at radius 3 is 2.60 bits per heavy atom. The van der Waals surface area contributed by atoms with Gasteiger partial charge < -0.3 is 20.1 Å². The Morgan fingerprint density at radius 2 is 1.95 bits per heavy atom. The van der Waals surface area contributed by atoms with Crippen molar-refractivity contribution in [2.24, 2.45) is 5.92 Å². The van der Waals surface area contributed by atoms with Gasteiger partial charge in [-0.15, -0.1) is 0 Å². The van der Waals surface area contributed by atoms with Crippen LogP contribution in [0.2, 0.25) is 10.0 Å². The van der Waals surface area contributed by atoms with Crippen LogP contribution in [0.5, 0.6) is 5.75 Å². The standard InChI is InChI=1S/C28H34Cl2F3N3O4/c1-17-13-36(18(2)16-37)27(39)12-20-11-21(34-26(38)8-9-28(31,32)33)5-7-24(20)40-25(17)15-35(3)14-19-4-6-22(29)23(30)10-19/h4-7,10-11,17-18,25,37H,8-9,12-16H2,1-3H3,(H,34,38)/t17-,18+,25+/m0/s1. The van der Waals surface area contributed by atoms with Crippen LogP contribution in [-0.4, -0.2) is 71.8 Å². The Kier molecular flexibility index (Phi) is 11.1. The van der Waals surface area contributed by atoms with E-state index >= 15 is 0 Å². The number of benzene rings is 2. The molecule has 0 aliphatic carbocycles. The molecule has 2 amide bonds. The second kappa shape index (κ2) is 13.9. The molecule has 2 aromatic rings. The van der Waals surface area contributed by atoms with E-state index in [-0.39, 0.29) is 36.6 Å². The summed E-state index contributed by atoms with van der Waals surface area (Å²) in [4.78, 5) is 29.1. The highest BCUT2D eigenvalue weighted by Gasteiger charge is 2.31. The number of fused-ring (bicyclic) bond motifs is 1. The number of alkyl halides is 3. The normalized spacial score (nSPS) is 18.9. The predicted octanol–water partition coefficient (Wildman–Crippen LogP) is 5.56. The van der Waals surface area contributed by atoms with Crippen molar-refractivity contribution in [3.05, 3.63) is 57.6 Å². The van der Waals surface area contributed by atoms with Crippen molar-refractivity contribution >= 4 is 40.7 Å². The van der Waals surface area contributed by atoms with E-state index < -0.39 is 31.0 Å². The van der Waals surface area contributed by atoms with E-state index in [1.54, 1.807) is 42.2 Å². The molecule has 0 radical (unpaired) electrons. The lowest BCUT2D eigenvalue weighted by molar-refractivity contribution is -0.142. The molecule has 1 aliphatic heterocycles. The zero-order valence-electron chi connectivity index (χ0n) is 22.6. The number of nitrogens with zero attached hydrogens (tertiary/aromatic N) is 2. The van der Waals surface area contributed by atoms with E-state index in [4.69, 9.17) is 27.9 Å². The fourth-order valence-corrected chi connectivity index (χ4v) is 4.85. The van der Waals surface area contributed by atoms with E-state index in [0.29, 0.717) is 41.0 Å². The smallest absolute Gasteiger partial charge is 0.389 e. The molecule has 7 nitrogen and oxygen atoms in total. The van der Waals surface area contributed by atoms with Gasteiger partial charge in [0.1, 0.15) is 11.9 Å². The minimum atomic E-state index is -4.44. The van der Waals surface area contributed by atoms with Crippen LogP contribution >= 0.6 is 23.2 Å². The summed E-state index contributed by atoms with van der Waals surface area (Å²) in [5.74, 6) is -0.691. The number of aliphatic hydroxyl groups excluding tert-OH is 1. The van der Waals surface area contributed by atoms with Crippen molar-refractivity contribution in [3.8, 4) is 5.75 Å². The van der Waals surface area contributed by atoms with Gasteiger partial charge in [0.25, 0.3) is 0 Å². The van der Waals surface area contributed by atoms with Gasteiger partial charge in [0.15, 0.2) is 0 Å². The van der Waals surface area contributed by atoms with E-state index in [0.717, 1.165) is 5.56 Å². The number of likely N-dealkylation sites (N-methyl/N-ethyl adjacent to an activating group) is 1. The quantitative estimate of drug-likeness (QED) is 0.392. The summed E-state index contributed by atoms with van der Waals surface area (Å²) >= 11 is 12.2. The maximum atomic E-state index is 13.3. The van der Waals surface area contributed by atoms with Crippen LogP contribution in [0.1, 0.15) is 37.8 Å². The molecule has 12 heteroatoms. The number of aliphatic hydroxyl groups is 1. The summed E-state index contributed by atoms with van der Waals surface area (Å²) in [7, 11) is 1.94. The number of nitrogens with one attached hydrogen (secondary N) is 1. The van der Waals surface area contributed by atoms with Gasteiger partial charge >= 0.3 is 6.18 Å². The molecule has 3 atom stereocenters. The molecule has 2 N–H and O–H groups in total. The van der Waals surface area contributed by atoms with Crippen LogP contribution in [0.15, 0.2) is 36.4 Å². The SMILES string of the molecule is C[C@H](CO)N1C[C@H](C)[C@@H](CN(C)Cc2ccc(Cl)c(Cl)c2)Oc2ccc(NC(=O)CCC(F)(F)F)cc2CC1=O. The third kappa shape index (κ3) is 9.26. The van der Waals surface area contributed by atoms with E-state index in [1.807, 2.05) is 20.0 Å². The molecule has 0 fully saturated rings. The molecular formula is C28H34Cl2F3N3O4. The Bertz CT molecular complexity index is 1200. The summed E-state index contributed by atoms with van der Waals surface area (Å²) in [5.41, 5.74) is 1.72. The molecule has 0 unspecified atom stereocenters. The van der Waals surface area contributed by atoms with Gasteiger partial charge in [0.2, 0.25) is 11.8 Å². The molecule has 0 saturated carbocycles. The molecular weight excluding hydrogens is 570 g/mol. The average molecular weight is 604 g/mol. The van der Waals surface area contributed by atoms with Crippen LogP contribution in [-0.2, 0) is 22.6 Å². The number of hydrogen-bond donors (Lipinski definition) is 2. The minimum Gasteiger partial charge on any atom is -0.488 e. The monoisotopic (exact) mass is 603 g/mol.